The van der Waals surface area contributed by atoms with E-state index in [4.69, 9.17) is 9.47 Å². The molecule has 1 atom stereocenters. The lowest BCUT2D eigenvalue weighted by Gasteiger charge is -2.30. The minimum Gasteiger partial charge on any atom is -0.493 e. The zero-order valence-electron chi connectivity index (χ0n) is 27.3. The van der Waals surface area contributed by atoms with Crippen molar-refractivity contribution >= 4 is 46.3 Å². The molecular weight excluding hydrogens is 665 g/mol. The van der Waals surface area contributed by atoms with Gasteiger partial charge in [0.1, 0.15) is 28.8 Å². The lowest BCUT2D eigenvalue weighted by molar-refractivity contribution is -0.136. The number of nitrogens with zero attached hydrogens (tertiary/aromatic N) is 3. The molecule has 0 radical (unpaired) electrons. The Morgan fingerprint density at radius 2 is 1.76 bits per heavy atom. The monoisotopic (exact) mass is 701 g/mol. The SMILES string of the molecule is O=C1CCC(N2C(=O)c3ccc(C#CCN4CCC(COc5cc(F)c6c(=O)[nH]c(CSC7CCOCC7)nc6c5)CC4)cc3C2=O)C(=O)N1. The van der Waals surface area contributed by atoms with Crippen molar-refractivity contribution < 1.29 is 33.0 Å². The molecule has 1 unspecified atom stereocenters. The van der Waals surface area contributed by atoms with Crippen LogP contribution in [0.3, 0.4) is 0 Å². The predicted molar refractivity (Wildman–Crippen MR) is 182 cm³/mol. The number of carbonyl (C=O) groups is 4. The fourth-order valence-corrected chi connectivity index (χ4v) is 7.82. The molecule has 50 heavy (non-hydrogen) atoms. The largest absolute Gasteiger partial charge is 0.493 e. The molecule has 2 N–H and O–H groups in total. The van der Waals surface area contributed by atoms with Crippen LogP contribution in [0.15, 0.2) is 35.1 Å². The number of amides is 4. The number of hydrogen-bond acceptors (Lipinski definition) is 10. The molecule has 3 aromatic rings. The van der Waals surface area contributed by atoms with Crippen LogP contribution in [-0.4, -0.2) is 94.1 Å². The van der Waals surface area contributed by atoms with Gasteiger partial charge in [-0.15, -0.1) is 0 Å². The molecule has 3 saturated heterocycles. The third-order valence-electron chi connectivity index (χ3n) is 9.58. The van der Waals surface area contributed by atoms with Crippen molar-refractivity contribution in [3.8, 4) is 17.6 Å². The molecule has 0 spiro atoms. The van der Waals surface area contributed by atoms with Gasteiger partial charge in [0.25, 0.3) is 17.4 Å². The first kappa shape index (κ1) is 33.9. The highest BCUT2D eigenvalue weighted by molar-refractivity contribution is 7.99. The maximum absolute atomic E-state index is 15.0. The highest BCUT2D eigenvalue weighted by atomic mass is 32.2. The number of thioether (sulfide) groups is 1. The molecule has 12 nitrogen and oxygen atoms in total. The number of hydrogen-bond donors (Lipinski definition) is 2. The summed E-state index contributed by atoms with van der Waals surface area (Å²) in [6.45, 7) is 4.01. The lowest BCUT2D eigenvalue weighted by atomic mass is 9.98. The van der Waals surface area contributed by atoms with Crippen LogP contribution < -0.4 is 15.6 Å². The van der Waals surface area contributed by atoms with E-state index in [2.05, 4.69) is 32.0 Å². The number of imide groups is 2. The van der Waals surface area contributed by atoms with Gasteiger partial charge in [-0.25, -0.2) is 9.37 Å². The summed E-state index contributed by atoms with van der Waals surface area (Å²) in [4.78, 5) is 72.9. The van der Waals surface area contributed by atoms with Crippen LogP contribution in [0, 0.1) is 23.6 Å². The van der Waals surface area contributed by atoms with Crippen molar-refractivity contribution in [2.75, 3.05) is 39.5 Å². The second kappa shape index (κ2) is 14.7. The Balaban J connectivity index is 0.903. The Morgan fingerprint density at radius 3 is 2.54 bits per heavy atom. The molecular formula is C36H36FN5O7S. The van der Waals surface area contributed by atoms with Crippen LogP contribution in [0.2, 0.25) is 0 Å². The number of likely N-dealkylation sites (tertiary alicyclic amines) is 1. The molecule has 14 heteroatoms. The number of piperidine rings is 2. The molecule has 4 amide bonds. The standard InChI is InChI=1S/C36H36FN5O7S/c37-27-17-23(18-28-32(27)34(45)39-30(38-28)20-50-24-9-14-48-15-10-24)49-19-22-7-12-41(13-8-22)11-1-2-21-3-4-25-26(16-21)36(47)42(35(25)46)29-5-6-31(43)40-33(29)44/h3-4,16-18,22,24,29H,5-15,19-20H2,(H,38,39,45)(H,40,43,44). The summed E-state index contributed by atoms with van der Waals surface area (Å²) in [6.07, 6.45) is 3.82. The molecule has 7 rings (SSSR count). The van der Waals surface area contributed by atoms with Crippen LogP contribution in [0.25, 0.3) is 10.9 Å². The van der Waals surface area contributed by atoms with Gasteiger partial charge in [-0.05, 0) is 69.3 Å². The average molecular weight is 702 g/mol. The number of H-pyrrole nitrogens is 1. The molecule has 2 aromatic carbocycles. The third kappa shape index (κ3) is 7.31. The third-order valence-corrected chi connectivity index (χ3v) is 11.0. The quantitative estimate of drug-likeness (QED) is 0.265. The molecule has 260 valence electrons. The summed E-state index contributed by atoms with van der Waals surface area (Å²) in [5.74, 6) is 5.07. The smallest absolute Gasteiger partial charge is 0.262 e. The molecule has 0 aliphatic carbocycles. The van der Waals surface area contributed by atoms with Crippen molar-refractivity contribution in [1.82, 2.24) is 25.1 Å². The summed E-state index contributed by atoms with van der Waals surface area (Å²) >= 11 is 1.72. The number of carbonyl (C=O) groups excluding carboxylic acids is 4. The zero-order valence-corrected chi connectivity index (χ0v) is 28.1. The maximum Gasteiger partial charge on any atom is 0.262 e. The molecule has 5 heterocycles. The summed E-state index contributed by atoms with van der Waals surface area (Å²) < 4.78 is 26.4. The van der Waals surface area contributed by atoms with Gasteiger partial charge in [0, 0.05) is 42.6 Å². The van der Waals surface area contributed by atoms with Crippen LogP contribution in [0.5, 0.6) is 5.75 Å². The number of nitrogens with one attached hydrogen (secondary N) is 2. The molecule has 0 bridgehead atoms. The van der Waals surface area contributed by atoms with Crippen LogP contribution in [0.1, 0.15) is 70.6 Å². The van der Waals surface area contributed by atoms with E-state index >= 15 is 0 Å². The van der Waals surface area contributed by atoms with E-state index in [1.165, 1.54) is 6.07 Å². The van der Waals surface area contributed by atoms with Crippen molar-refractivity contribution in [2.45, 2.75) is 55.6 Å². The Labute approximate surface area is 291 Å². The normalized spacial score (nSPS) is 20.5. The van der Waals surface area contributed by atoms with E-state index in [0.717, 1.165) is 56.9 Å². The van der Waals surface area contributed by atoms with E-state index in [-0.39, 0.29) is 40.8 Å². The summed E-state index contributed by atoms with van der Waals surface area (Å²) in [5.41, 5.74) is 0.795. The number of aromatic amines is 1. The van der Waals surface area contributed by atoms with Crippen molar-refractivity contribution in [3.63, 3.8) is 0 Å². The van der Waals surface area contributed by atoms with Crippen LogP contribution in [-0.2, 0) is 20.1 Å². The first-order valence-corrected chi connectivity index (χ1v) is 17.9. The van der Waals surface area contributed by atoms with Gasteiger partial charge in [-0.2, -0.15) is 11.8 Å². The first-order valence-electron chi connectivity index (χ1n) is 16.8. The summed E-state index contributed by atoms with van der Waals surface area (Å²) in [7, 11) is 0. The van der Waals surface area contributed by atoms with Gasteiger partial charge in [0.2, 0.25) is 11.8 Å². The van der Waals surface area contributed by atoms with Gasteiger partial charge in [-0.3, -0.25) is 39.1 Å². The molecule has 4 aliphatic heterocycles. The van der Waals surface area contributed by atoms with E-state index in [0.29, 0.717) is 41.3 Å². The minimum atomic E-state index is -1.01. The molecule has 4 aliphatic rings. The molecule has 3 fully saturated rings. The van der Waals surface area contributed by atoms with Crippen LogP contribution >= 0.6 is 11.8 Å². The predicted octanol–water partition coefficient (Wildman–Crippen LogP) is 3.02. The van der Waals surface area contributed by atoms with Crippen molar-refractivity contribution in [1.29, 1.82) is 0 Å². The second-order valence-corrected chi connectivity index (χ2v) is 14.3. The van der Waals surface area contributed by atoms with E-state index in [9.17, 15) is 28.4 Å². The zero-order chi connectivity index (χ0) is 34.8. The highest BCUT2D eigenvalue weighted by Gasteiger charge is 2.44. The van der Waals surface area contributed by atoms with Crippen molar-refractivity contribution in [2.24, 2.45) is 5.92 Å². The number of rotatable bonds is 8. The number of ether oxygens (including phenoxy) is 2. The van der Waals surface area contributed by atoms with Gasteiger partial charge < -0.3 is 14.5 Å². The Morgan fingerprint density at radius 1 is 0.980 bits per heavy atom. The first-order chi connectivity index (χ1) is 24.2. The Kier molecular flexibility index (Phi) is 9.98. The van der Waals surface area contributed by atoms with E-state index in [1.54, 1.807) is 36.0 Å². The van der Waals surface area contributed by atoms with Crippen LogP contribution in [0.4, 0.5) is 4.39 Å². The van der Waals surface area contributed by atoms with E-state index in [1.807, 2.05) is 0 Å². The molecule has 1 aromatic heterocycles. The topological polar surface area (TPSA) is 151 Å². The number of fused-ring (bicyclic) bond motifs is 2. The van der Waals surface area contributed by atoms with E-state index < -0.39 is 41.0 Å². The molecule has 0 saturated carbocycles. The Bertz CT molecular complexity index is 1980. The van der Waals surface area contributed by atoms with Gasteiger partial charge in [0.05, 0.1) is 35.5 Å². The lowest BCUT2D eigenvalue weighted by Crippen LogP contribution is -2.54. The van der Waals surface area contributed by atoms with Gasteiger partial charge >= 0.3 is 0 Å². The number of halogens is 1. The number of benzene rings is 2. The maximum atomic E-state index is 15.0. The minimum absolute atomic E-state index is 0.0635. The van der Waals surface area contributed by atoms with Crippen molar-refractivity contribution in [3.05, 3.63) is 69.0 Å². The highest BCUT2D eigenvalue weighted by Crippen LogP contribution is 2.29. The van der Waals surface area contributed by atoms with Gasteiger partial charge in [0.15, 0.2) is 0 Å². The fourth-order valence-electron chi connectivity index (χ4n) is 6.77. The summed E-state index contributed by atoms with van der Waals surface area (Å²) in [5, 5.41) is 2.57. The number of aromatic nitrogens is 2. The summed E-state index contributed by atoms with van der Waals surface area (Å²) in [6, 6.07) is 6.68. The Hall–Kier alpha value is -4.58. The average Bonchev–Trinajstić information content (AvgIpc) is 3.35. The van der Waals surface area contributed by atoms with Gasteiger partial charge in [-0.1, -0.05) is 11.8 Å². The second-order valence-electron chi connectivity index (χ2n) is 13.0. The fraction of sp³-hybridized carbons (Fsp3) is 0.444.